The van der Waals surface area contributed by atoms with Crippen LogP contribution in [0.2, 0.25) is 0 Å². The fraction of sp³-hybridized carbons (Fsp3) is 0.423. The van der Waals surface area contributed by atoms with E-state index in [0.29, 0.717) is 29.8 Å². The van der Waals surface area contributed by atoms with Gasteiger partial charge in [0.2, 0.25) is 11.8 Å². The molecule has 178 valence electrons. The van der Waals surface area contributed by atoms with E-state index in [0.717, 1.165) is 39.3 Å². The van der Waals surface area contributed by atoms with Crippen molar-refractivity contribution in [2.24, 2.45) is 0 Å². The van der Waals surface area contributed by atoms with E-state index in [-0.39, 0.29) is 24.3 Å². The second-order valence-electron chi connectivity index (χ2n) is 9.30. The van der Waals surface area contributed by atoms with Crippen molar-refractivity contribution in [2.45, 2.75) is 31.8 Å². The molecule has 3 amide bonds. The molecule has 0 spiro atoms. The fourth-order valence-electron chi connectivity index (χ4n) is 5.15. The molecule has 1 N–H and O–H groups in total. The first-order valence-electron chi connectivity index (χ1n) is 11.9. The van der Waals surface area contributed by atoms with E-state index in [4.69, 9.17) is 4.74 Å². The highest BCUT2D eigenvalue weighted by Gasteiger charge is 2.53. The molecule has 0 bridgehead atoms. The summed E-state index contributed by atoms with van der Waals surface area (Å²) in [6, 6.07) is 15.0. The van der Waals surface area contributed by atoms with E-state index in [1.807, 2.05) is 37.3 Å². The monoisotopic (exact) mass is 462 g/mol. The molecule has 0 aromatic heterocycles. The predicted molar refractivity (Wildman–Crippen MR) is 129 cm³/mol. The molecule has 0 unspecified atom stereocenters. The normalized spacial score (nSPS) is 22.5. The van der Waals surface area contributed by atoms with Gasteiger partial charge in [0.15, 0.2) is 0 Å². The Kier molecular flexibility index (Phi) is 6.10. The van der Waals surface area contributed by atoms with Gasteiger partial charge in [0.05, 0.1) is 24.5 Å². The molecular weight excluding hydrogens is 432 g/mol. The summed E-state index contributed by atoms with van der Waals surface area (Å²) >= 11 is 0. The maximum Gasteiger partial charge on any atom is 0.258 e. The third kappa shape index (κ3) is 4.19. The van der Waals surface area contributed by atoms with Gasteiger partial charge in [-0.2, -0.15) is 0 Å². The van der Waals surface area contributed by atoms with Crippen LogP contribution in [-0.4, -0.2) is 72.6 Å². The van der Waals surface area contributed by atoms with Crippen molar-refractivity contribution >= 4 is 29.1 Å². The maximum atomic E-state index is 13.3. The number of hydrogen-bond donors (Lipinski definition) is 1. The molecule has 3 aliphatic heterocycles. The van der Waals surface area contributed by atoms with Crippen molar-refractivity contribution < 1.29 is 19.1 Å². The number of carbonyl (C=O) groups excluding carboxylic acids is 3. The number of carbonyl (C=O) groups is 3. The van der Waals surface area contributed by atoms with Crippen LogP contribution in [0.4, 0.5) is 11.4 Å². The standard InChI is InChI=1S/C26H30N4O4/c1-26-12-10-24(32)30(26)22-5-3-2-4-21(22)25(33)29(26)18-23(31)27-20-8-6-19(7-9-20)11-13-28-14-16-34-17-15-28/h2-9H,10-18H2,1H3,(H,27,31)/t26-/m0/s1. The number of fused-ring (bicyclic) bond motifs is 3. The van der Waals surface area contributed by atoms with Gasteiger partial charge in [0, 0.05) is 31.7 Å². The predicted octanol–water partition coefficient (Wildman–Crippen LogP) is 2.50. The lowest BCUT2D eigenvalue weighted by Crippen LogP contribution is -2.63. The van der Waals surface area contributed by atoms with Gasteiger partial charge in [0.25, 0.3) is 5.91 Å². The molecule has 0 aliphatic carbocycles. The lowest BCUT2D eigenvalue weighted by atomic mass is 9.98. The van der Waals surface area contributed by atoms with Crippen LogP contribution >= 0.6 is 0 Å². The first-order chi connectivity index (χ1) is 16.5. The van der Waals surface area contributed by atoms with Crippen molar-refractivity contribution in [3.8, 4) is 0 Å². The summed E-state index contributed by atoms with van der Waals surface area (Å²) in [7, 11) is 0. The van der Waals surface area contributed by atoms with Gasteiger partial charge >= 0.3 is 0 Å². The molecule has 2 fully saturated rings. The molecular formula is C26H30N4O4. The lowest BCUT2D eigenvalue weighted by Gasteiger charge is -2.48. The quantitative estimate of drug-likeness (QED) is 0.713. The zero-order valence-electron chi connectivity index (χ0n) is 19.5. The van der Waals surface area contributed by atoms with Gasteiger partial charge in [0.1, 0.15) is 12.2 Å². The minimum absolute atomic E-state index is 0.0273. The Morgan fingerprint density at radius 3 is 2.56 bits per heavy atom. The number of hydrogen-bond acceptors (Lipinski definition) is 5. The Hall–Kier alpha value is -3.23. The van der Waals surface area contributed by atoms with E-state index in [1.165, 1.54) is 10.5 Å². The van der Waals surface area contributed by atoms with Crippen molar-refractivity contribution in [1.82, 2.24) is 9.80 Å². The Labute approximate surface area is 199 Å². The smallest absolute Gasteiger partial charge is 0.258 e. The number of para-hydroxylation sites is 1. The molecule has 8 heteroatoms. The van der Waals surface area contributed by atoms with Crippen LogP contribution in [-0.2, 0) is 20.7 Å². The van der Waals surface area contributed by atoms with Crippen molar-refractivity contribution in [3.05, 3.63) is 59.7 Å². The number of anilines is 2. The molecule has 2 aromatic carbocycles. The third-order valence-electron chi connectivity index (χ3n) is 7.11. The van der Waals surface area contributed by atoms with E-state index in [2.05, 4.69) is 10.2 Å². The van der Waals surface area contributed by atoms with Crippen LogP contribution in [0.15, 0.2) is 48.5 Å². The van der Waals surface area contributed by atoms with E-state index < -0.39 is 5.66 Å². The molecule has 3 aliphatic rings. The van der Waals surface area contributed by atoms with Gasteiger partial charge in [-0.05, 0) is 49.6 Å². The number of nitrogens with zero attached hydrogens (tertiary/aromatic N) is 3. The second kappa shape index (κ2) is 9.19. The highest BCUT2D eigenvalue weighted by atomic mass is 16.5. The summed E-state index contributed by atoms with van der Waals surface area (Å²) in [4.78, 5) is 44.5. The summed E-state index contributed by atoms with van der Waals surface area (Å²) in [6.45, 7) is 6.25. The SMILES string of the molecule is C[C@@]12CCC(=O)N1c1ccccc1C(=O)N2CC(=O)Nc1ccc(CCN2CCOCC2)cc1. The number of rotatable bonds is 6. The third-order valence-corrected chi connectivity index (χ3v) is 7.11. The molecule has 5 rings (SSSR count). The molecule has 3 heterocycles. The molecule has 2 saturated heterocycles. The Morgan fingerprint density at radius 2 is 1.79 bits per heavy atom. The summed E-state index contributed by atoms with van der Waals surface area (Å²) in [6.07, 6.45) is 1.79. The van der Waals surface area contributed by atoms with Gasteiger partial charge in [-0.1, -0.05) is 24.3 Å². The van der Waals surface area contributed by atoms with Gasteiger partial charge in [-0.25, -0.2) is 0 Å². The number of amides is 3. The van der Waals surface area contributed by atoms with Crippen molar-refractivity contribution in [3.63, 3.8) is 0 Å². The van der Waals surface area contributed by atoms with Crippen molar-refractivity contribution in [2.75, 3.05) is 49.6 Å². The maximum absolute atomic E-state index is 13.3. The number of benzene rings is 2. The van der Waals surface area contributed by atoms with Crippen molar-refractivity contribution in [1.29, 1.82) is 0 Å². The van der Waals surface area contributed by atoms with Crippen LogP contribution in [0, 0.1) is 0 Å². The molecule has 34 heavy (non-hydrogen) atoms. The van der Waals surface area contributed by atoms with Gasteiger partial charge in [-0.3, -0.25) is 24.2 Å². The summed E-state index contributed by atoms with van der Waals surface area (Å²) < 4.78 is 5.39. The zero-order valence-corrected chi connectivity index (χ0v) is 19.5. The van der Waals surface area contributed by atoms with Crippen LogP contribution in [0.25, 0.3) is 0 Å². The summed E-state index contributed by atoms with van der Waals surface area (Å²) in [5.41, 5.74) is 2.13. The van der Waals surface area contributed by atoms with Crippen LogP contribution in [0.5, 0.6) is 0 Å². The number of ether oxygens (including phenoxy) is 1. The summed E-state index contributed by atoms with van der Waals surface area (Å²) in [5.74, 6) is -0.535. The second-order valence-corrected chi connectivity index (χ2v) is 9.30. The highest BCUT2D eigenvalue weighted by molar-refractivity contribution is 6.11. The van der Waals surface area contributed by atoms with E-state index in [9.17, 15) is 14.4 Å². The summed E-state index contributed by atoms with van der Waals surface area (Å²) in [5, 5.41) is 2.91. The molecule has 2 aromatic rings. The Morgan fingerprint density at radius 1 is 1.06 bits per heavy atom. The largest absolute Gasteiger partial charge is 0.379 e. The average molecular weight is 463 g/mol. The lowest BCUT2D eigenvalue weighted by molar-refractivity contribution is -0.120. The van der Waals surface area contributed by atoms with Crippen LogP contribution < -0.4 is 10.2 Å². The Balaban J connectivity index is 1.24. The molecule has 8 nitrogen and oxygen atoms in total. The average Bonchev–Trinajstić information content (AvgIpc) is 3.17. The molecule has 0 saturated carbocycles. The zero-order chi connectivity index (χ0) is 23.7. The van der Waals surface area contributed by atoms with E-state index in [1.54, 1.807) is 23.1 Å². The van der Waals surface area contributed by atoms with Crippen LogP contribution in [0.1, 0.15) is 35.7 Å². The first-order valence-corrected chi connectivity index (χ1v) is 11.9. The van der Waals surface area contributed by atoms with Gasteiger partial charge < -0.3 is 15.0 Å². The first kappa shape index (κ1) is 22.6. The number of morpholine rings is 1. The Bertz CT molecular complexity index is 1100. The topological polar surface area (TPSA) is 82.2 Å². The number of nitrogens with one attached hydrogen (secondary N) is 1. The van der Waals surface area contributed by atoms with E-state index >= 15 is 0 Å². The molecule has 0 radical (unpaired) electrons. The highest BCUT2D eigenvalue weighted by Crippen LogP contribution is 2.43. The van der Waals surface area contributed by atoms with Gasteiger partial charge in [-0.15, -0.1) is 0 Å². The van der Waals surface area contributed by atoms with Crippen LogP contribution in [0.3, 0.4) is 0 Å². The minimum Gasteiger partial charge on any atom is -0.379 e. The molecule has 1 atom stereocenters. The fourth-order valence-corrected chi connectivity index (χ4v) is 5.15. The minimum atomic E-state index is -0.844.